The predicted octanol–water partition coefficient (Wildman–Crippen LogP) is 8.64. The van der Waals surface area contributed by atoms with Crippen molar-refractivity contribution in [1.82, 2.24) is 13.9 Å². The number of nitrogens with zero attached hydrogens (tertiary/aromatic N) is 3. The highest BCUT2D eigenvalue weighted by molar-refractivity contribution is 7.90. The number of alkyl halides is 3. The largest absolute Gasteiger partial charge is 0.511 e. The van der Waals surface area contributed by atoms with E-state index in [2.05, 4.69) is 33.9 Å². The van der Waals surface area contributed by atoms with Crippen molar-refractivity contribution in [1.29, 1.82) is 0 Å². The minimum atomic E-state index is -5.45. The van der Waals surface area contributed by atoms with Gasteiger partial charge in [0.05, 0.1) is 17.6 Å². The van der Waals surface area contributed by atoms with Crippen molar-refractivity contribution in [2.75, 3.05) is 13.1 Å². The first-order chi connectivity index (χ1) is 21.8. The molecule has 0 atom stereocenters. The van der Waals surface area contributed by atoms with Gasteiger partial charge in [0.25, 0.3) is 0 Å². The maximum Gasteiger partial charge on any atom is 0.511 e. The first-order valence-corrected chi connectivity index (χ1v) is 20.3. The maximum atomic E-state index is 13.4. The molecule has 0 saturated carbocycles. The van der Waals surface area contributed by atoms with E-state index in [0.717, 1.165) is 0 Å². The van der Waals surface area contributed by atoms with Gasteiger partial charge in [-0.25, -0.2) is 13.4 Å². The Bertz CT molecular complexity index is 1810. The van der Waals surface area contributed by atoms with Gasteiger partial charge in [-0.2, -0.15) is 17.5 Å². The molecule has 1 saturated heterocycles. The van der Waals surface area contributed by atoms with Crippen LogP contribution in [-0.4, -0.2) is 54.3 Å². The van der Waals surface area contributed by atoms with Crippen LogP contribution in [0.1, 0.15) is 62.2 Å². The van der Waals surface area contributed by atoms with Crippen molar-refractivity contribution in [3.05, 3.63) is 99.3 Å². The van der Waals surface area contributed by atoms with Gasteiger partial charge in [-0.3, -0.25) is 0 Å². The summed E-state index contributed by atoms with van der Waals surface area (Å²) in [5.41, 5.74) is -4.11. The Morgan fingerprint density at radius 2 is 1.38 bits per heavy atom. The molecule has 0 bridgehead atoms. The highest BCUT2D eigenvalue weighted by atomic mass is 35.5. The molecule has 3 aromatic carbocycles. The molecule has 14 heteroatoms. The lowest BCUT2D eigenvalue weighted by molar-refractivity contribution is -0.0496. The van der Waals surface area contributed by atoms with Crippen molar-refractivity contribution in [2.45, 2.75) is 75.5 Å². The summed E-state index contributed by atoms with van der Waals surface area (Å²) in [5.74, 6) is 0.584. The molecule has 0 radical (unpaired) electrons. The van der Waals surface area contributed by atoms with E-state index < -0.39 is 29.5 Å². The lowest BCUT2D eigenvalue weighted by Gasteiger charge is -2.37. The summed E-state index contributed by atoms with van der Waals surface area (Å²) in [6.45, 7) is 10.2. The lowest BCUT2D eigenvalue weighted by atomic mass is 9.80. The number of hydrogen-bond donors (Lipinski definition) is 1. The van der Waals surface area contributed by atoms with Crippen molar-refractivity contribution >= 4 is 52.6 Å². The number of fused-ring (bicyclic) bond motifs is 1. The second kappa shape index (κ2) is 12.8. The molecule has 1 aliphatic rings. The van der Waals surface area contributed by atoms with E-state index in [9.17, 15) is 26.7 Å². The van der Waals surface area contributed by atoms with Crippen molar-refractivity contribution in [2.24, 2.45) is 0 Å². The second-order valence-corrected chi connectivity index (χ2v) is 21.1. The number of piperidine rings is 1. The van der Waals surface area contributed by atoms with E-state index in [1.54, 1.807) is 60.7 Å². The third kappa shape index (κ3) is 6.88. The molecule has 0 aliphatic carbocycles. The monoisotopic (exact) mass is 727 g/mol. The van der Waals surface area contributed by atoms with Crippen LogP contribution < -0.4 is 0 Å². The Morgan fingerprint density at radius 3 is 1.85 bits per heavy atom. The zero-order valence-electron chi connectivity index (χ0n) is 26.8. The highest BCUT2D eigenvalue weighted by Gasteiger charge is 2.50. The third-order valence-electron chi connectivity index (χ3n) is 9.49. The SMILES string of the molecule is CC(C)(C)[Si](C)(C)OCc1nc2ccc(C(O)(c3ccc(Cl)cc3)c3ccc(Cl)cc3)cc2n1C1CCN(S(=O)(=O)C(F)(F)F)CC1. The molecule has 0 spiro atoms. The number of hydrogen-bond acceptors (Lipinski definition) is 5. The fourth-order valence-corrected chi connectivity index (χ4v) is 7.87. The van der Waals surface area contributed by atoms with Crippen LogP contribution in [0.15, 0.2) is 66.7 Å². The van der Waals surface area contributed by atoms with Crippen LogP contribution in [-0.2, 0) is 26.7 Å². The number of sulfonamides is 1. The maximum absolute atomic E-state index is 13.4. The zero-order chi connectivity index (χ0) is 34.6. The minimum Gasteiger partial charge on any atom is -0.409 e. The Morgan fingerprint density at radius 1 is 0.894 bits per heavy atom. The summed E-state index contributed by atoms with van der Waals surface area (Å²) in [7, 11) is -7.68. The molecule has 4 aromatic rings. The summed E-state index contributed by atoms with van der Waals surface area (Å²) in [5, 5.41) is 13.5. The average Bonchev–Trinajstić information content (AvgIpc) is 3.37. The van der Waals surface area contributed by atoms with E-state index in [0.29, 0.717) is 47.9 Å². The van der Waals surface area contributed by atoms with E-state index in [4.69, 9.17) is 32.6 Å². The summed E-state index contributed by atoms with van der Waals surface area (Å²) >= 11 is 12.4. The Balaban J connectivity index is 1.64. The van der Waals surface area contributed by atoms with Crippen LogP contribution >= 0.6 is 23.2 Å². The van der Waals surface area contributed by atoms with Gasteiger partial charge < -0.3 is 14.1 Å². The molecule has 1 aromatic heterocycles. The van der Waals surface area contributed by atoms with Crippen LogP contribution in [0.2, 0.25) is 28.2 Å². The van der Waals surface area contributed by atoms with E-state index in [-0.39, 0.29) is 43.6 Å². The Hall–Kier alpha value is -2.45. The lowest BCUT2D eigenvalue weighted by Crippen LogP contribution is -2.45. The van der Waals surface area contributed by atoms with Crippen LogP contribution in [0, 0.1) is 0 Å². The third-order valence-corrected chi connectivity index (χ3v) is 16.1. The number of aliphatic hydroxyl groups is 1. The van der Waals surface area contributed by atoms with Crippen LogP contribution in [0.3, 0.4) is 0 Å². The number of aromatic nitrogens is 2. The van der Waals surface area contributed by atoms with Crippen molar-refractivity contribution in [3.63, 3.8) is 0 Å². The molecule has 1 aliphatic heterocycles. The second-order valence-electron chi connectivity index (χ2n) is 13.5. The molecule has 47 heavy (non-hydrogen) atoms. The molecule has 1 N–H and O–H groups in total. The standard InChI is InChI=1S/C33H38Cl2F3N3O4SSi/c1-31(2,3)47(4,5)45-21-30-39-28-15-10-24(32(42,22-6-11-25(34)12-7-22)23-8-13-26(35)14-9-23)20-29(28)41(30)27-16-18-40(19-17-27)46(43,44)33(36,37)38/h6-15,20,27,42H,16-19,21H2,1-5H3. The number of halogens is 5. The number of imidazole rings is 1. The summed E-state index contributed by atoms with van der Waals surface area (Å²) in [6.07, 6.45) is 0.271. The smallest absolute Gasteiger partial charge is 0.409 e. The average molecular weight is 729 g/mol. The first kappa shape index (κ1) is 35.8. The van der Waals surface area contributed by atoms with Gasteiger partial charge in [0, 0.05) is 29.2 Å². The molecule has 7 nitrogen and oxygen atoms in total. The fourth-order valence-electron chi connectivity index (χ4n) is 5.71. The van der Waals surface area contributed by atoms with Crippen LogP contribution in [0.25, 0.3) is 11.0 Å². The molecule has 0 unspecified atom stereocenters. The molecular weight excluding hydrogens is 690 g/mol. The quantitative estimate of drug-likeness (QED) is 0.145. The highest BCUT2D eigenvalue weighted by Crippen LogP contribution is 2.41. The van der Waals surface area contributed by atoms with Crippen LogP contribution in [0.4, 0.5) is 13.2 Å². The number of rotatable bonds is 8. The van der Waals surface area contributed by atoms with Gasteiger partial charge >= 0.3 is 15.5 Å². The van der Waals surface area contributed by atoms with Gasteiger partial charge in [-0.1, -0.05) is 74.3 Å². The van der Waals surface area contributed by atoms with Gasteiger partial charge in [0.1, 0.15) is 11.4 Å². The van der Waals surface area contributed by atoms with E-state index in [1.165, 1.54) is 0 Å². The molecule has 0 amide bonds. The van der Waals surface area contributed by atoms with Gasteiger partial charge in [0.2, 0.25) is 0 Å². The molecule has 2 heterocycles. The summed E-state index contributed by atoms with van der Waals surface area (Å²) in [6, 6.07) is 18.8. The minimum absolute atomic E-state index is 0.0814. The zero-order valence-corrected chi connectivity index (χ0v) is 30.1. The van der Waals surface area contributed by atoms with Gasteiger partial charge in [-0.15, -0.1) is 0 Å². The van der Waals surface area contributed by atoms with Crippen molar-refractivity contribution < 1.29 is 31.1 Å². The van der Waals surface area contributed by atoms with Gasteiger partial charge in [0.15, 0.2) is 8.32 Å². The molecule has 254 valence electrons. The molecular formula is C33H38Cl2F3N3O4SSi. The number of benzene rings is 3. The topological polar surface area (TPSA) is 84.7 Å². The van der Waals surface area contributed by atoms with Gasteiger partial charge in [-0.05, 0) is 84.1 Å². The molecule has 1 fully saturated rings. The Kier molecular flexibility index (Phi) is 9.74. The first-order valence-electron chi connectivity index (χ1n) is 15.2. The fraction of sp³-hybridized carbons (Fsp3) is 0.424. The summed E-state index contributed by atoms with van der Waals surface area (Å²) < 4.78 is 73.4. The Labute approximate surface area is 284 Å². The van der Waals surface area contributed by atoms with E-state index in [1.807, 2.05) is 10.6 Å². The van der Waals surface area contributed by atoms with Crippen LogP contribution in [0.5, 0.6) is 0 Å². The normalized spacial score (nSPS) is 16.2. The molecule has 5 rings (SSSR count). The summed E-state index contributed by atoms with van der Waals surface area (Å²) in [4.78, 5) is 4.90. The van der Waals surface area contributed by atoms with E-state index >= 15 is 0 Å². The van der Waals surface area contributed by atoms with Crippen molar-refractivity contribution in [3.8, 4) is 0 Å². The predicted molar refractivity (Wildman–Crippen MR) is 182 cm³/mol.